The average Bonchev–Trinajstić information content (AvgIpc) is 2.72. The second kappa shape index (κ2) is 4.02. The Bertz CT molecular complexity index is 732. The Morgan fingerprint density at radius 2 is 1.72 bits per heavy atom. The van der Waals surface area contributed by atoms with Crippen LogP contribution in [0, 0.1) is 0 Å². The van der Waals surface area contributed by atoms with E-state index >= 15 is 0 Å². The van der Waals surface area contributed by atoms with Gasteiger partial charge < -0.3 is 4.57 Å². The molecular formula is C17H17N. The number of benzene rings is 2. The fraction of sp³-hybridized carbons (Fsp3) is 0.176. The van der Waals surface area contributed by atoms with Crippen molar-refractivity contribution in [2.24, 2.45) is 0 Å². The Kier molecular flexibility index (Phi) is 2.48. The van der Waals surface area contributed by atoms with Crippen molar-refractivity contribution in [3.8, 4) is 0 Å². The summed E-state index contributed by atoms with van der Waals surface area (Å²) in [5, 5.41) is 2.64. The highest BCUT2D eigenvalue weighted by Crippen LogP contribution is 2.32. The molecule has 3 aromatic rings. The first-order valence-corrected chi connectivity index (χ1v) is 6.37. The molecule has 90 valence electrons. The first kappa shape index (κ1) is 11.1. The summed E-state index contributed by atoms with van der Waals surface area (Å²) in [5.74, 6) is 0. The number of nitrogens with zero attached hydrogens (tertiary/aromatic N) is 1. The largest absolute Gasteiger partial charge is 0.338 e. The topological polar surface area (TPSA) is 4.93 Å². The molecule has 0 N–H and O–H groups in total. The molecule has 3 rings (SSSR count). The second-order valence-electron chi connectivity index (χ2n) is 4.96. The van der Waals surface area contributed by atoms with Gasteiger partial charge in [-0.15, -0.1) is 0 Å². The molecule has 0 unspecified atom stereocenters. The van der Waals surface area contributed by atoms with Crippen molar-refractivity contribution in [2.45, 2.75) is 19.9 Å². The molecule has 1 heterocycles. The van der Waals surface area contributed by atoms with Gasteiger partial charge in [-0.05, 0) is 37.6 Å². The van der Waals surface area contributed by atoms with Gasteiger partial charge in [0.05, 0.1) is 0 Å². The fourth-order valence-corrected chi connectivity index (χ4v) is 2.70. The van der Waals surface area contributed by atoms with Crippen molar-refractivity contribution >= 4 is 27.9 Å². The quantitative estimate of drug-likeness (QED) is 0.588. The van der Waals surface area contributed by atoms with Crippen LogP contribution < -0.4 is 0 Å². The number of hydrogen-bond acceptors (Lipinski definition) is 0. The number of fused-ring (bicyclic) bond motifs is 3. The monoisotopic (exact) mass is 235 g/mol. The Hall–Kier alpha value is -2.02. The van der Waals surface area contributed by atoms with Gasteiger partial charge in [0, 0.05) is 27.8 Å². The average molecular weight is 235 g/mol. The van der Waals surface area contributed by atoms with Gasteiger partial charge >= 0.3 is 0 Å². The van der Waals surface area contributed by atoms with E-state index in [1.165, 1.54) is 27.4 Å². The lowest BCUT2D eigenvalue weighted by atomic mass is 10.1. The van der Waals surface area contributed by atoms with Gasteiger partial charge in [0.15, 0.2) is 0 Å². The molecule has 0 saturated carbocycles. The number of hydrogen-bond donors (Lipinski definition) is 0. The van der Waals surface area contributed by atoms with Crippen LogP contribution in [0.1, 0.15) is 25.5 Å². The molecule has 0 aliphatic carbocycles. The van der Waals surface area contributed by atoms with Crippen LogP contribution in [0.2, 0.25) is 0 Å². The molecule has 1 heteroatoms. The van der Waals surface area contributed by atoms with Crippen molar-refractivity contribution in [2.75, 3.05) is 0 Å². The lowest BCUT2D eigenvalue weighted by Crippen LogP contribution is -1.99. The van der Waals surface area contributed by atoms with Crippen LogP contribution in [-0.2, 0) is 0 Å². The van der Waals surface area contributed by atoms with Crippen molar-refractivity contribution in [1.82, 2.24) is 4.57 Å². The predicted molar refractivity (Wildman–Crippen MR) is 79.9 cm³/mol. The number of aromatic nitrogens is 1. The van der Waals surface area contributed by atoms with Crippen molar-refractivity contribution in [1.29, 1.82) is 0 Å². The maximum absolute atomic E-state index is 3.85. The highest BCUT2D eigenvalue weighted by atomic mass is 15.0. The summed E-state index contributed by atoms with van der Waals surface area (Å²) in [6.07, 6.45) is 1.90. The van der Waals surface area contributed by atoms with Crippen molar-refractivity contribution in [3.05, 3.63) is 54.6 Å². The standard InChI is InChI=1S/C17H17N/c1-4-13-9-10-17-15(11-13)14-7-5-6-8-16(14)18(17)12(2)3/h4-12H,1H2,2-3H3. The smallest absolute Gasteiger partial charge is 0.0494 e. The summed E-state index contributed by atoms with van der Waals surface area (Å²) in [4.78, 5) is 0. The minimum atomic E-state index is 0.460. The van der Waals surface area contributed by atoms with E-state index < -0.39 is 0 Å². The third kappa shape index (κ3) is 1.47. The Morgan fingerprint density at radius 1 is 1.00 bits per heavy atom. The lowest BCUT2D eigenvalue weighted by molar-refractivity contribution is 0.642. The molecule has 0 aliphatic heterocycles. The molecule has 0 aliphatic rings. The normalized spacial score (nSPS) is 11.5. The summed E-state index contributed by atoms with van der Waals surface area (Å²) in [6, 6.07) is 15.6. The minimum Gasteiger partial charge on any atom is -0.338 e. The lowest BCUT2D eigenvalue weighted by Gasteiger charge is -2.11. The highest BCUT2D eigenvalue weighted by molar-refractivity contribution is 6.08. The van der Waals surface area contributed by atoms with E-state index in [1.807, 2.05) is 6.08 Å². The molecule has 0 saturated heterocycles. The molecule has 18 heavy (non-hydrogen) atoms. The molecule has 2 aromatic carbocycles. The predicted octanol–water partition coefficient (Wildman–Crippen LogP) is 5.02. The van der Waals surface area contributed by atoms with Crippen molar-refractivity contribution < 1.29 is 0 Å². The maximum atomic E-state index is 3.85. The maximum Gasteiger partial charge on any atom is 0.0494 e. The summed E-state index contributed by atoms with van der Waals surface area (Å²) >= 11 is 0. The van der Waals surface area contributed by atoms with Crippen LogP contribution >= 0.6 is 0 Å². The molecule has 0 bridgehead atoms. The first-order valence-electron chi connectivity index (χ1n) is 6.37. The SMILES string of the molecule is C=Cc1ccc2c(c1)c1ccccc1n2C(C)C. The highest BCUT2D eigenvalue weighted by Gasteiger charge is 2.11. The van der Waals surface area contributed by atoms with Gasteiger partial charge in [-0.2, -0.15) is 0 Å². The van der Waals surface area contributed by atoms with Crippen molar-refractivity contribution in [3.63, 3.8) is 0 Å². The van der Waals surface area contributed by atoms with Gasteiger partial charge in [0.25, 0.3) is 0 Å². The fourth-order valence-electron chi connectivity index (χ4n) is 2.70. The van der Waals surface area contributed by atoms with Crippen LogP contribution in [0.4, 0.5) is 0 Å². The molecular weight excluding hydrogens is 218 g/mol. The van der Waals surface area contributed by atoms with Crippen LogP contribution in [0.3, 0.4) is 0 Å². The van der Waals surface area contributed by atoms with E-state index in [0.717, 1.165) is 0 Å². The van der Waals surface area contributed by atoms with Gasteiger partial charge in [-0.25, -0.2) is 0 Å². The third-order valence-corrected chi connectivity index (χ3v) is 3.49. The second-order valence-corrected chi connectivity index (χ2v) is 4.96. The number of rotatable bonds is 2. The third-order valence-electron chi connectivity index (χ3n) is 3.49. The molecule has 1 aromatic heterocycles. The Balaban J connectivity index is 2.53. The molecule has 1 nitrogen and oxygen atoms in total. The van der Waals surface area contributed by atoms with Crippen LogP contribution in [0.15, 0.2) is 49.0 Å². The van der Waals surface area contributed by atoms with Crippen LogP contribution in [0.25, 0.3) is 27.9 Å². The van der Waals surface area contributed by atoms with E-state index in [9.17, 15) is 0 Å². The van der Waals surface area contributed by atoms with E-state index in [4.69, 9.17) is 0 Å². The van der Waals surface area contributed by atoms with E-state index in [0.29, 0.717) is 6.04 Å². The van der Waals surface area contributed by atoms with E-state index in [-0.39, 0.29) is 0 Å². The van der Waals surface area contributed by atoms with Crippen LogP contribution in [0.5, 0.6) is 0 Å². The molecule has 0 spiro atoms. The molecule has 0 fully saturated rings. The molecule has 0 radical (unpaired) electrons. The van der Waals surface area contributed by atoms with Crippen LogP contribution in [-0.4, -0.2) is 4.57 Å². The summed E-state index contributed by atoms with van der Waals surface area (Å²) < 4.78 is 2.40. The van der Waals surface area contributed by atoms with Gasteiger partial charge in [0.2, 0.25) is 0 Å². The zero-order valence-corrected chi connectivity index (χ0v) is 10.9. The van der Waals surface area contributed by atoms with Gasteiger partial charge in [-0.3, -0.25) is 0 Å². The van der Waals surface area contributed by atoms with E-state index in [2.05, 4.69) is 67.5 Å². The summed E-state index contributed by atoms with van der Waals surface area (Å²) in [6.45, 7) is 8.31. The molecule has 0 atom stereocenters. The Labute approximate surface area is 107 Å². The van der Waals surface area contributed by atoms with Gasteiger partial charge in [0.1, 0.15) is 0 Å². The Morgan fingerprint density at radius 3 is 2.44 bits per heavy atom. The summed E-state index contributed by atoms with van der Waals surface area (Å²) in [5.41, 5.74) is 3.79. The zero-order valence-electron chi connectivity index (χ0n) is 10.9. The first-order chi connectivity index (χ1) is 8.72. The number of para-hydroxylation sites is 1. The summed E-state index contributed by atoms with van der Waals surface area (Å²) in [7, 11) is 0. The van der Waals surface area contributed by atoms with E-state index in [1.54, 1.807) is 0 Å². The molecule has 0 amide bonds. The minimum absolute atomic E-state index is 0.460. The van der Waals surface area contributed by atoms with Gasteiger partial charge in [-0.1, -0.05) is 36.9 Å². The zero-order chi connectivity index (χ0) is 12.7.